The average Bonchev–Trinajstić information content (AvgIpc) is 3.06. The van der Waals surface area contributed by atoms with Gasteiger partial charge in [-0.25, -0.2) is 0 Å². The number of aliphatic hydroxyl groups excluding tert-OH is 1. The number of nitrogens with one attached hydrogen (secondary N) is 2. The second kappa shape index (κ2) is 8.10. The van der Waals surface area contributed by atoms with E-state index in [-0.39, 0.29) is 35.7 Å². The van der Waals surface area contributed by atoms with Gasteiger partial charge in [-0.15, -0.1) is 0 Å². The average molecular weight is 335 g/mol. The van der Waals surface area contributed by atoms with Crippen molar-refractivity contribution < 1.29 is 14.8 Å². The minimum absolute atomic E-state index is 0.0454. The van der Waals surface area contributed by atoms with Gasteiger partial charge >= 0.3 is 0 Å². The van der Waals surface area contributed by atoms with Crippen LogP contribution in [0.25, 0.3) is 0 Å². The first kappa shape index (κ1) is 18.2. The molecule has 7 heteroatoms. The lowest BCUT2D eigenvalue weighted by Gasteiger charge is -2.18. The fraction of sp³-hybridized carbons (Fsp3) is 0.588. The number of nitro groups is 1. The van der Waals surface area contributed by atoms with E-state index in [0.717, 1.165) is 25.7 Å². The van der Waals surface area contributed by atoms with Crippen LogP contribution in [-0.2, 0) is 0 Å². The first-order valence-corrected chi connectivity index (χ1v) is 8.39. The van der Waals surface area contributed by atoms with Crippen molar-refractivity contribution in [2.24, 2.45) is 5.92 Å². The first-order chi connectivity index (χ1) is 11.4. The second-order valence-corrected chi connectivity index (χ2v) is 6.61. The Bertz CT molecular complexity index is 597. The van der Waals surface area contributed by atoms with Crippen LogP contribution in [0.1, 0.15) is 49.9 Å². The van der Waals surface area contributed by atoms with Gasteiger partial charge in [-0.2, -0.15) is 0 Å². The Labute approximate surface area is 141 Å². The number of hydrogen-bond acceptors (Lipinski definition) is 5. The number of amides is 1. The first-order valence-electron chi connectivity index (χ1n) is 8.39. The van der Waals surface area contributed by atoms with Crippen LogP contribution in [0.3, 0.4) is 0 Å². The third-order valence-electron chi connectivity index (χ3n) is 4.32. The van der Waals surface area contributed by atoms with Gasteiger partial charge in [-0.3, -0.25) is 14.9 Å². The van der Waals surface area contributed by atoms with E-state index in [4.69, 9.17) is 0 Å². The number of hydrogen-bond donors (Lipinski definition) is 3. The van der Waals surface area contributed by atoms with Crippen molar-refractivity contribution in [2.45, 2.75) is 51.7 Å². The summed E-state index contributed by atoms with van der Waals surface area (Å²) >= 11 is 0. The number of anilines is 1. The normalized spacial score (nSPS) is 16.2. The molecular weight excluding hydrogens is 310 g/mol. The van der Waals surface area contributed by atoms with Gasteiger partial charge in [0.2, 0.25) is 0 Å². The molecule has 1 amide bonds. The van der Waals surface area contributed by atoms with Crippen LogP contribution in [-0.4, -0.2) is 34.6 Å². The molecule has 0 radical (unpaired) electrons. The summed E-state index contributed by atoms with van der Waals surface area (Å²) in [5, 5.41) is 27.1. The molecule has 132 valence electrons. The number of rotatable bonds is 7. The Morgan fingerprint density at radius 3 is 2.62 bits per heavy atom. The van der Waals surface area contributed by atoms with E-state index in [9.17, 15) is 20.0 Å². The largest absolute Gasteiger partial charge is 0.391 e. The van der Waals surface area contributed by atoms with Gasteiger partial charge in [0.1, 0.15) is 5.69 Å². The standard InChI is InChI=1S/C17H25N3O4/c1-11(2)19-17(22)13-7-8-14(15(9-13)20(23)24)18-10-16(21)12-5-3-4-6-12/h7-9,11-12,16,18,21H,3-6,10H2,1-2H3,(H,19,22). The van der Waals surface area contributed by atoms with Crippen molar-refractivity contribution in [1.29, 1.82) is 0 Å². The van der Waals surface area contributed by atoms with Gasteiger partial charge in [-0.05, 0) is 44.7 Å². The number of carbonyl (C=O) groups excluding carboxylic acids is 1. The highest BCUT2D eigenvalue weighted by Crippen LogP contribution is 2.29. The summed E-state index contributed by atoms with van der Waals surface area (Å²) in [6.45, 7) is 3.92. The second-order valence-electron chi connectivity index (χ2n) is 6.61. The number of nitrogens with zero attached hydrogens (tertiary/aromatic N) is 1. The van der Waals surface area contributed by atoms with Crippen molar-refractivity contribution in [1.82, 2.24) is 5.32 Å². The molecular formula is C17H25N3O4. The maximum Gasteiger partial charge on any atom is 0.293 e. The quantitative estimate of drug-likeness (QED) is 0.525. The summed E-state index contributed by atoms with van der Waals surface area (Å²) in [4.78, 5) is 22.8. The molecule has 1 aliphatic rings. The Kier molecular flexibility index (Phi) is 6.14. The highest BCUT2D eigenvalue weighted by Gasteiger charge is 2.24. The molecule has 1 aromatic carbocycles. The third-order valence-corrected chi connectivity index (χ3v) is 4.32. The Morgan fingerprint density at radius 2 is 2.04 bits per heavy atom. The lowest BCUT2D eigenvalue weighted by Crippen LogP contribution is -2.30. The molecule has 1 saturated carbocycles. The fourth-order valence-electron chi connectivity index (χ4n) is 3.04. The maximum atomic E-state index is 12.0. The lowest BCUT2D eigenvalue weighted by molar-refractivity contribution is -0.384. The van der Waals surface area contributed by atoms with Gasteiger partial charge in [0.25, 0.3) is 11.6 Å². The highest BCUT2D eigenvalue weighted by atomic mass is 16.6. The molecule has 0 aliphatic heterocycles. The van der Waals surface area contributed by atoms with Gasteiger partial charge in [0.05, 0.1) is 11.0 Å². The van der Waals surface area contributed by atoms with Gasteiger partial charge in [-0.1, -0.05) is 12.8 Å². The summed E-state index contributed by atoms with van der Waals surface area (Å²) in [6.07, 6.45) is 3.73. The molecule has 24 heavy (non-hydrogen) atoms. The Balaban J connectivity index is 2.08. The van der Waals surface area contributed by atoms with Gasteiger partial charge in [0.15, 0.2) is 0 Å². The van der Waals surface area contributed by atoms with Crippen molar-refractivity contribution in [3.63, 3.8) is 0 Å². The van der Waals surface area contributed by atoms with E-state index >= 15 is 0 Å². The molecule has 1 fully saturated rings. The Morgan fingerprint density at radius 1 is 1.38 bits per heavy atom. The number of carbonyl (C=O) groups is 1. The monoisotopic (exact) mass is 335 g/mol. The molecule has 0 saturated heterocycles. The summed E-state index contributed by atoms with van der Waals surface area (Å²) in [5.74, 6) is -0.0849. The predicted molar refractivity (Wildman–Crippen MR) is 92.2 cm³/mol. The minimum Gasteiger partial charge on any atom is -0.391 e. The van der Waals surface area contributed by atoms with E-state index in [1.165, 1.54) is 12.1 Å². The summed E-state index contributed by atoms with van der Waals surface area (Å²) in [5.41, 5.74) is 0.403. The van der Waals surface area contributed by atoms with E-state index in [2.05, 4.69) is 10.6 Å². The molecule has 2 rings (SSSR count). The van der Waals surface area contributed by atoms with Crippen LogP contribution in [0.4, 0.5) is 11.4 Å². The highest BCUT2D eigenvalue weighted by molar-refractivity contribution is 5.95. The maximum absolute atomic E-state index is 12.0. The van der Waals surface area contributed by atoms with E-state index in [1.54, 1.807) is 6.07 Å². The van der Waals surface area contributed by atoms with Crippen LogP contribution in [0.15, 0.2) is 18.2 Å². The summed E-state index contributed by atoms with van der Waals surface area (Å²) < 4.78 is 0. The van der Waals surface area contributed by atoms with Crippen LogP contribution in [0.2, 0.25) is 0 Å². The van der Waals surface area contributed by atoms with E-state index in [1.807, 2.05) is 13.8 Å². The molecule has 1 atom stereocenters. The van der Waals surface area contributed by atoms with Gasteiger partial charge < -0.3 is 15.7 Å². The van der Waals surface area contributed by atoms with Crippen molar-refractivity contribution in [3.8, 4) is 0 Å². The number of nitro benzene ring substituents is 1. The van der Waals surface area contributed by atoms with Crippen LogP contribution < -0.4 is 10.6 Å². The third kappa shape index (κ3) is 4.67. The van der Waals surface area contributed by atoms with Crippen molar-refractivity contribution >= 4 is 17.3 Å². The van der Waals surface area contributed by atoms with Crippen LogP contribution in [0.5, 0.6) is 0 Å². The molecule has 7 nitrogen and oxygen atoms in total. The van der Waals surface area contributed by atoms with Crippen LogP contribution in [0, 0.1) is 16.0 Å². The van der Waals surface area contributed by atoms with E-state index < -0.39 is 11.0 Å². The van der Waals surface area contributed by atoms with Crippen molar-refractivity contribution in [3.05, 3.63) is 33.9 Å². The lowest BCUT2D eigenvalue weighted by atomic mass is 10.0. The predicted octanol–water partition coefficient (Wildman–Crippen LogP) is 2.70. The molecule has 3 N–H and O–H groups in total. The summed E-state index contributed by atoms with van der Waals surface area (Å²) in [6, 6.07) is 4.29. The zero-order chi connectivity index (χ0) is 17.7. The van der Waals surface area contributed by atoms with Gasteiger partial charge in [0, 0.05) is 24.2 Å². The molecule has 1 aliphatic carbocycles. The number of benzene rings is 1. The van der Waals surface area contributed by atoms with E-state index in [0.29, 0.717) is 5.69 Å². The molecule has 0 spiro atoms. The topological polar surface area (TPSA) is 104 Å². The summed E-state index contributed by atoms with van der Waals surface area (Å²) in [7, 11) is 0. The molecule has 1 unspecified atom stereocenters. The smallest absolute Gasteiger partial charge is 0.293 e. The molecule has 0 heterocycles. The molecule has 0 aromatic heterocycles. The zero-order valence-corrected chi connectivity index (χ0v) is 14.1. The zero-order valence-electron chi connectivity index (χ0n) is 14.1. The minimum atomic E-state index is -0.518. The van der Waals surface area contributed by atoms with Crippen molar-refractivity contribution in [2.75, 3.05) is 11.9 Å². The van der Waals surface area contributed by atoms with Crippen LogP contribution >= 0.6 is 0 Å². The number of aliphatic hydroxyl groups is 1. The SMILES string of the molecule is CC(C)NC(=O)c1ccc(NCC(O)C2CCCC2)c([N+](=O)[O-])c1. The molecule has 1 aromatic rings. The fourth-order valence-corrected chi connectivity index (χ4v) is 3.04. The Hall–Kier alpha value is -2.15. The molecule has 0 bridgehead atoms.